The fourth-order valence-corrected chi connectivity index (χ4v) is 5.02. The number of halogens is 1. The van der Waals surface area contributed by atoms with E-state index >= 15 is 0 Å². The SMILES string of the molecule is COC(=O)CC(C1=C(O)[C@@]2(Oc3c(Cl)c(OC)cc(OC)c3C2=O)[C@H](C)CC1=O)c1cccnc1. The Morgan fingerprint density at radius 2 is 2.00 bits per heavy atom. The van der Waals surface area contributed by atoms with Gasteiger partial charge in [-0.05, 0) is 11.6 Å². The Hall–Kier alpha value is -3.59. The molecule has 2 aliphatic rings. The molecule has 0 radical (unpaired) electrons. The van der Waals surface area contributed by atoms with Crippen molar-refractivity contribution in [3.8, 4) is 17.2 Å². The minimum absolute atomic E-state index is 0.00846. The zero-order valence-corrected chi connectivity index (χ0v) is 20.3. The second-order valence-electron chi connectivity index (χ2n) is 8.38. The lowest BCUT2D eigenvalue weighted by molar-refractivity contribution is -0.140. The van der Waals surface area contributed by atoms with E-state index in [-0.39, 0.29) is 46.2 Å². The Kier molecular flexibility index (Phi) is 6.46. The molecular weight excluding hydrogens is 478 g/mol. The summed E-state index contributed by atoms with van der Waals surface area (Å²) < 4.78 is 21.6. The summed E-state index contributed by atoms with van der Waals surface area (Å²) in [6.07, 6.45) is 2.66. The summed E-state index contributed by atoms with van der Waals surface area (Å²) in [5, 5.41) is 11.7. The number of Topliss-reactive ketones (excluding diaryl/α,β-unsaturated/α-hetero) is 2. The van der Waals surface area contributed by atoms with Gasteiger partial charge in [-0.1, -0.05) is 24.6 Å². The van der Waals surface area contributed by atoms with Crippen LogP contribution in [0.25, 0.3) is 0 Å². The Balaban J connectivity index is 1.95. The van der Waals surface area contributed by atoms with Crippen molar-refractivity contribution < 1.29 is 38.4 Å². The molecule has 2 heterocycles. The van der Waals surface area contributed by atoms with E-state index in [0.717, 1.165) is 0 Å². The van der Waals surface area contributed by atoms with Crippen molar-refractivity contribution in [2.75, 3.05) is 21.3 Å². The molecule has 4 rings (SSSR count). The third-order valence-electron chi connectivity index (χ3n) is 6.55. The molecule has 1 unspecified atom stereocenters. The number of nitrogens with zero attached hydrogens (tertiary/aromatic N) is 1. The monoisotopic (exact) mass is 501 g/mol. The number of aliphatic hydroxyl groups is 1. The van der Waals surface area contributed by atoms with Gasteiger partial charge >= 0.3 is 5.97 Å². The van der Waals surface area contributed by atoms with E-state index in [4.69, 9.17) is 30.5 Å². The molecule has 1 spiro atoms. The summed E-state index contributed by atoms with van der Waals surface area (Å²) in [6, 6.07) is 4.78. The molecule has 9 nitrogen and oxygen atoms in total. The number of ether oxygens (including phenoxy) is 4. The van der Waals surface area contributed by atoms with Crippen molar-refractivity contribution in [3.05, 3.63) is 58.1 Å². The number of ketones is 2. The lowest BCUT2D eigenvalue weighted by Crippen LogP contribution is -2.53. The fraction of sp³-hybridized carbons (Fsp3) is 0.360. The second kappa shape index (κ2) is 9.22. The molecule has 1 aliphatic heterocycles. The van der Waals surface area contributed by atoms with Crippen LogP contribution in [0.2, 0.25) is 5.02 Å². The molecule has 2 aromatic rings. The molecule has 1 aromatic heterocycles. The van der Waals surface area contributed by atoms with E-state index in [2.05, 4.69) is 4.98 Å². The number of carbonyl (C=O) groups excluding carboxylic acids is 3. The zero-order chi connectivity index (χ0) is 25.5. The smallest absolute Gasteiger partial charge is 0.306 e. The predicted molar refractivity (Wildman–Crippen MR) is 124 cm³/mol. The highest BCUT2D eigenvalue weighted by molar-refractivity contribution is 6.35. The maximum Gasteiger partial charge on any atom is 0.306 e. The molecule has 10 heteroatoms. The van der Waals surface area contributed by atoms with Crippen molar-refractivity contribution >= 4 is 29.1 Å². The first-order valence-electron chi connectivity index (χ1n) is 10.8. The number of allylic oxidation sites excluding steroid dienone is 1. The molecule has 1 aromatic carbocycles. The summed E-state index contributed by atoms with van der Waals surface area (Å²) in [5.74, 6) is -3.50. The molecule has 1 N–H and O–H groups in total. The Morgan fingerprint density at radius 1 is 1.29 bits per heavy atom. The average molecular weight is 502 g/mol. The van der Waals surface area contributed by atoms with Gasteiger partial charge in [0.2, 0.25) is 11.4 Å². The van der Waals surface area contributed by atoms with Crippen LogP contribution in [0.3, 0.4) is 0 Å². The van der Waals surface area contributed by atoms with Gasteiger partial charge in [0.15, 0.2) is 17.3 Å². The number of aliphatic hydroxyl groups excluding tert-OH is 1. The minimum Gasteiger partial charge on any atom is -0.507 e. The molecule has 0 saturated carbocycles. The normalized spacial score (nSPS) is 22.0. The lowest BCUT2D eigenvalue weighted by atomic mass is 9.69. The topological polar surface area (TPSA) is 121 Å². The van der Waals surface area contributed by atoms with Crippen LogP contribution in [0.5, 0.6) is 17.2 Å². The summed E-state index contributed by atoms with van der Waals surface area (Å²) in [5.41, 5.74) is -1.51. The highest BCUT2D eigenvalue weighted by atomic mass is 35.5. The number of fused-ring (bicyclic) bond motifs is 1. The first-order valence-corrected chi connectivity index (χ1v) is 11.2. The van der Waals surface area contributed by atoms with E-state index in [1.54, 1.807) is 25.3 Å². The van der Waals surface area contributed by atoms with Gasteiger partial charge in [-0.25, -0.2) is 0 Å². The van der Waals surface area contributed by atoms with E-state index in [1.165, 1.54) is 33.6 Å². The van der Waals surface area contributed by atoms with E-state index in [9.17, 15) is 19.5 Å². The predicted octanol–water partition coefficient (Wildman–Crippen LogP) is 3.83. The number of esters is 1. The maximum absolute atomic E-state index is 13.9. The number of benzene rings is 1. The largest absolute Gasteiger partial charge is 0.507 e. The van der Waals surface area contributed by atoms with Crippen LogP contribution < -0.4 is 14.2 Å². The maximum atomic E-state index is 13.9. The van der Waals surface area contributed by atoms with Crippen molar-refractivity contribution in [2.45, 2.75) is 31.3 Å². The van der Waals surface area contributed by atoms with Gasteiger partial charge in [-0.15, -0.1) is 0 Å². The second-order valence-corrected chi connectivity index (χ2v) is 8.75. The molecular formula is C25H24ClNO8. The minimum atomic E-state index is -1.94. The number of carbonyl (C=O) groups is 3. The number of pyridine rings is 1. The van der Waals surface area contributed by atoms with Crippen LogP contribution in [-0.2, 0) is 14.3 Å². The van der Waals surface area contributed by atoms with Crippen molar-refractivity contribution in [1.29, 1.82) is 0 Å². The number of methoxy groups -OCH3 is 3. The number of hydrogen-bond acceptors (Lipinski definition) is 9. The lowest BCUT2D eigenvalue weighted by Gasteiger charge is -2.38. The third kappa shape index (κ3) is 3.70. The Bertz CT molecular complexity index is 1240. The summed E-state index contributed by atoms with van der Waals surface area (Å²) in [7, 11) is 4.01. The van der Waals surface area contributed by atoms with Crippen molar-refractivity contribution in [1.82, 2.24) is 4.98 Å². The van der Waals surface area contributed by atoms with Crippen LogP contribution in [0.4, 0.5) is 0 Å². The first-order chi connectivity index (χ1) is 16.7. The summed E-state index contributed by atoms with van der Waals surface area (Å²) >= 11 is 6.47. The molecule has 35 heavy (non-hydrogen) atoms. The first kappa shape index (κ1) is 24.5. The molecule has 0 bridgehead atoms. The van der Waals surface area contributed by atoms with Gasteiger partial charge in [0.1, 0.15) is 22.1 Å². The molecule has 0 fully saturated rings. The van der Waals surface area contributed by atoms with Gasteiger partial charge in [-0.3, -0.25) is 19.4 Å². The number of hydrogen-bond donors (Lipinski definition) is 1. The molecule has 0 amide bonds. The van der Waals surface area contributed by atoms with E-state index in [0.29, 0.717) is 5.56 Å². The van der Waals surface area contributed by atoms with E-state index < -0.39 is 40.7 Å². The van der Waals surface area contributed by atoms with Crippen LogP contribution in [-0.4, -0.2) is 54.6 Å². The average Bonchev–Trinajstić information content (AvgIpc) is 3.17. The van der Waals surface area contributed by atoms with Crippen molar-refractivity contribution in [2.24, 2.45) is 5.92 Å². The van der Waals surface area contributed by atoms with Gasteiger partial charge < -0.3 is 24.1 Å². The van der Waals surface area contributed by atoms with Crippen molar-refractivity contribution in [3.63, 3.8) is 0 Å². The third-order valence-corrected chi connectivity index (χ3v) is 6.90. The number of aromatic nitrogens is 1. The molecule has 184 valence electrons. The molecule has 3 atom stereocenters. The standard InChI is InChI=1S/C25H24ClNO8/c1-12-8-15(28)19(14(9-18(29)34-4)13-6-5-7-27-11-13)23(30)25(12)24(31)20-16(32-2)10-17(33-3)21(26)22(20)35-25/h5-7,10-12,14,30H,8-9H2,1-4H3/t12-,14?,25+/m1/s1. The van der Waals surface area contributed by atoms with Gasteiger partial charge in [0, 0.05) is 42.3 Å². The summed E-state index contributed by atoms with van der Waals surface area (Å²) in [4.78, 5) is 43.5. The van der Waals surface area contributed by atoms with Crippen LogP contribution in [0.1, 0.15) is 41.6 Å². The van der Waals surface area contributed by atoms with Gasteiger partial charge in [0.05, 0.1) is 27.8 Å². The van der Waals surface area contributed by atoms with Crippen LogP contribution in [0, 0.1) is 5.92 Å². The highest BCUT2D eigenvalue weighted by Crippen LogP contribution is 2.55. The van der Waals surface area contributed by atoms with Gasteiger partial charge in [-0.2, -0.15) is 0 Å². The van der Waals surface area contributed by atoms with Gasteiger partial charge in [0.25, 0.3) is 0 Å². The molecule has 0 saturated heterocycles. The van der Waals surface area contributed by atoms with Crippen LogP contribution in [0.15, 0.2) is 41.9 Å². The quantitative estimate of drug-likeness (QED) is 0.588. The summed E-state index contributed by atoms with van der Waals surface area (Å²) in [6.45, 7) is 1.63. The van der Waals surface area contributed by atoms with Crippen LogP contribution >= 0.6 is 11.6 Å². The Morgan fingerprint density at radius 3 is 2.60 bits per heavy atom. The van der Waals surface area contributed by atoms with E-state index in [1.807, 2.05) is 0 Å². The molecule has 1 aliphatic carbocycles. The highest BCUT2D eigenvalue weighted by Gasteiger charge is 2.61. The number of rotatable bonds is 6. The Labute approximate surface area is 206 Å². The zero-order valence-electron chi connectivity index (χ0n) is 19.6. The fourth-order valence-electron chi connectivity index (χ4n) is 4.76.